The van der Waals surface area contributed by atoms with Gasteiger partial charge in [0, 0.05) is 11.8 Å². The van der Waals surface area contributed by atoms with Crippen molar-refractivity contribution >= 4 is 37.9 Å². The molecule has 6 aromatic carbocycles. The van der Waals surface area contributed by atoms with Crippen LogP contribution in [0.2, 0.25) is 0 Å². The maximum absolute atomic E-state index is 2.56. The van der Waals surface area contributed by atoms with E-state index in [4.69, 9.17) is 0 Å². The SMILES string of the molecule is C1=CC2C=C(c3ccccc3-c3c4ccccc4c(-c4ccc5ccccc5c4)c4ccccc34)C3C=CC=CC3C2C=C1. The summed E-state index contributed by atoms with van der Waals surface area (Å²) < 4.78 is 0. The molecule has 3 aliphatic rings. The molecule has 208 valence electrons. The van der Waals surface area contributed by atoms with Gasteiger partial charge in [-0.25, -0.2) is 0 Å². The van der Waals surface area contributed by atoms with Crippen molar-refractivity contribution in [2.45, 2.75) is 0 Å². The Morgan fingerprint density at radius 2 is 0.977 bits per heavy atom. The lowest BCUT2D eigenvalue weighted by molar-refractivity contribution is 0.357. The summed E-state index contributed by atoms with van der Waals surface area (Å²) in [6.45, 7) is 0. The summed E-state index contributed by atoms with van der Waals surface area (Å²) in [5, 5.41) is 7.72. The van der Waals surface area contributed by atoms with Crippen LogP contribution in [0.25, 0.3) is 60.1 Å². The first-order valence-electron chi connectivity index (χ1n) is 15.8. The molecule has 4 atom stereocenters. The number of allylic oxidation sites excluding steroid dienone is 10. The lowest BCUT2D eigenvalue weighted by Crippen LogP contribution is -2.31. The molecule has 0 saturated carbocycles. The predicted molar refractivity (Wildman–Crippen MR) is 188 cm³/mol. The molecule has 44 heavy (non-hydrogen) atoms. The van der Waals surface area contributed by atoms with Crippen LogP contribution in [-0.4, -0.2) is 0 Å². The fraction of sp³-hybridized carbons (Fsp3) is 0.0909. The highest BCUT2D eigenvalue weighted by molar-refractivity contribution is 6.22. The molecule has 0 N–H and O–H groups in total. The van der Waals surface area contributed by atoms with E-state index in [0.29, 0.717) is 23.7 Å². The predicted octanol–water partition coefficient (Wildman–Crippen LogP) is 11.6. The average Bonchev–Trinajstić information content (AvgIpc) is 3.10. The largest absolute Gasteiger partial charge is 0.0799 e. The second kappa shape index (κ2) is 10.2. The lowest BCUT2D eigenvalue weighted by atomic mass is 9.63. The standard InChI is InChI=1S/C44H32/c1-2-14-30-27-32(26-25-29(30)13-1)43-38-21-9-11-23-40(38)44(41-24-12-10-22-39(41)43)37-20-8-7-19-36(37)42-28-31-15-3-4-16-33(31)34-17-5-6-18-35(34)42/h1-28,31,33-35H. The lowest BCUT2D eigenvalue weighted by Gasteiger charge is -2.41. The Morgan fingerprint density at radius 1 is 0.409 bits per heavy atom. The monoisotopic (exact) mass is 560 g/mol. The van der Waals surface area contributed by atoms with E-state index >= 15 is 0 Å². The van der Waals surface area contributed by atoms with Crippen molar-refractivity contribution in [2.24, 2.45) is 23.7 Å². The normalized spacial score (nSPS) is 21.9. The third-order valence-electron chi connectivity index (χ3n) is 10.1. The molecule has 9 rings (SSSR count). The molecule has 0 bridgehead atoms. The second-order valence-electron chi connectivity index (χ2n) is 12.4. The smallest absolute Gasteiger partial charge is 0.00932 e. The van der Waals surface area contributed by atoms with Gasteiger partial charge in [-0.05, 0) is 83.6 Å². The third-order valence-corrected chi connectivity index (χ3v) is 10.1. The quantitative estimate of drug-likeness (QED) is 0.189. The van der Waals surface area contributed by atoms with E-state index in [9.17, 15) is 0 Å². The van der Waals surface area contributed by atoms with Crippen LogP contribution in [-0.2, 0) is 0 Å². The molecule has 0 spiro atoms. The van der Waals surface area contributed by atoms with Gasteiger partial charge in [0.05, 0.1) is 0 Å². The molecule has 0 aromatic heterocycles. The number of hydrogen-bond donors (Lipinski definition) is 0. The van der Waals surface area contributed by atoms with E-state index in [0.717, 1.165) is 0 Å². The van der Waals surface area contributed by atoms with Crippen LogP contribution in [0.5, 0.6) is 0 Å². The Balaban J connectivity index is 1.32. The molecule has 0 radical (unpaired) electrons. The molecule has 0 nitrogen and oxygen atoms in total. The van der Waals surface area contributed by atoms with Crippen LogP contribution in [0.1, 0.15) is 5.56 Å². The van der Waals surface area contributed by atoms with Gasteiger partial charge >= 0.3 is 0 Å². The van der Waals surface area contributed by atoms with Crippen molar-refractivity contribution < 1.29 is 0 Å². The van der Waals surface area contributed by atoms with Crippen LogP contribution in [0.15, 0.2) is 170 Å². The third kappa shape index (κ3) is 3.91. The number of rotatable bonds is 3. The maximum Gasteiger partial charge on any atom is 0.00932 e. The van der Waals surface area contributed by atoms with Crippen LogP contribution in [0.4, 0.5) is 0 Å². The van der Waals surface area contributed by atoms with Gasteiger partial charge in [0.1, 0.15) is 0 Å². The summed E-state index contributed by atoms with van der Waals surface area (Å²) in [5.41, 5.74) is 7.99. The van der Waals surface area contributed by atoms with Gasteiger partial charge in [0.15, 0.2) is 0 Å². The average molecular weight is 561 g/mol. The fourth-order valence-corrected chi connectivity index (χ4v) is 8.11. The van der Waals surface area contributed by atoms with Gasteiger partial charge in [0.2, 0.25) is 0 Å². The van der Waals surface area contributed by atoms with E-state index in [-0.39, 0.29) is 0 Å². The molecule has 0 saturated heterocycles. The number of hydrogen-bond acceptors (Lipinski definition) is 0. The van der Waals surface area contributed by atoms with Gasteiger partial charge in [-0.2, -0.15) is 0 Å². The van der Waals surface area contributed by atoms with Crippen molar-refractivity contribution in [3.8, 4) is 22.3 Å². The van der Waals surface area contributed by atoms with Crippen molar-refractivity contribution in [3.05, 3.63) is 176 Å². The Hall–Kier alpha value is -5.20. The summed E-state index contributed by atoms with van der Waals surface area (Å²) in [4.78, 5) is 0. The van der Waals surface area contributed by atoms with Crippen molar-refractivity contribution in [1.82, 2.24) is 0 Å². The molecule has 0 heterocycles. The van der Waals surface area contributed by atoms with Crippen molar-refractivity contribution in [3.63, 3.8) is 0 Å². The van der Waals surface area contributed by atoms with E-state index in [1.807, 2.05) is 0 Å². The number of benzene rings is 6. The van der Waals surface area contributed by atoms with Gasteiger partial charge in [-0.1, -0.05) is 164 Å². The van der Waals surface area contributed by atoms with Gasteiger partial charge in [-0.15, -0.1) is 0 Å². The zero-order chi connectivity index (χ0) is 29.0. The Bertz CT molecular complexity index is 2200. The van der Waals surface area contributed by atoms with Gasteiger partial charge in [-0.3, -0.25) is 0 Å². The van der Waals surface area contributed by atoms with Crippen LogP contribution >= 0.6 is 0 Å². The van der Waals surface area contributed by atoms with Gasteiger partial charge in [0.25, 0.3) is 0 Å². The first-order chi connectivity index (χ1) is 21.8. The highest BCUT2D eigenvalue weighted by Gasteiger charge is 2.38. The van der Waals surface area contributed by atoms with Crippen LogP contribution in [0.3, 0.4) is 0 Å². The highest BCUT2D eigenvalue weighted by Crippen LogP contribution is 2.51. The Morgan fingerprint density at radius 3 is 1.73 bits per heavy atom. The molecule has 0 fully saturated rings. The molecule has 0 heteroatoms. The van der Waals surface area contributed by atoms with E-state index in [1.165, 1.54) is 65.7 Å². The minimum Gasteiger partial charge on any atom is -0.0799 e. The van der Waals surface area contributed by atoms with E-state index < -0.39 is 0 Å². The topological polar surface area (TPSA) is 0 Å². The minimum absolute atomic E-state index is 0.355. The summed E-state index contributed by atoms with van der Waals surface area (Å²) in [6.07, 6.45) is 21.1. The summed E-state index contributed by atoms with van der Waals surface area (Å²) in [6, 6.07) is 42.7. The van der Waals surface area contributed by atoms with Crippen LogP contribution < -0.4 is 0 Å². The molecule has 0 aliphatic heterocycles. The molecule has 6 aromatic rings. The zero-order valence-corrected chi connectivity index (χ0v) is 24.5. The summed E-state index contributed by atoms with van der Waals surface area (Å²) in [7, 11) is 0. The van der Waals surface area contributed by atoms with E-state index in [2.05, 4.69) is 170 Å². The summed E-state index contributed by atoms with van der Waals surface area (Å²) in [5.74, 6) is 1.73. The second-order valence-corrected chi connectivity index (χ2v) is 12.4. The molecule has 4 unspecified atom stereocenters. The molecule has 3 aliphatic carbocycles. The van der Waals surface area contributed by atoms with Gasteiger partial charge < -0.3 is 0 Å². The fourth-order valence-electron chi connectivity index (χ4n) is 8.11. The summed E-state index contributed by atoms with van der Waals surface area (Å²) >= 11 is 0. The minimum atomic E-state index is 0.355. The zero-order valence-electron chi connectivity index (χ0n) is 24.5. The number of fused-ring (bicyclic) bond motifs is 6. The molecular weight excluding hydrogens is 528 g/mol. The first-order valence-corrected chi connectivity index (χ1v) is 15.8. The van der Waals surface area contributed by atoms with Crippen LogP contribution in [0, 0.1) is 23.7 Å². The highest BCUT2D eigenvalue weighted by atomic mass is 14.4. The van der Waals surface area contributed by atoms with Crippen molar-refractivity contribution in [2.75, 3.05) is 0 Å². The van der Waals surface area contributed by atoms with E-state index in [1.54, 1.807) is 0 Å². The maximum atomic E-state index is 2.56. The van der Waals surface area contributed by atoms with Crippen molar-refractivity contribution in [1.29, 1.82) is 0 Å². The first kappa shape index (κ1) is 25.3. The molecular formula is C44H32. The Kier molecular flexibility index (Phi) is 5.87. The molecule has 0 amide bonds. The Labute approximate surface area is 258 Å².